The molecular formula is C31H37Cl2N3O6S. The van der Waals surface area contributed by atoms with Crippen molar-refractivity contribution in [1.82, 2.24) is 10.2 Å². The summed E-state index contributed by atoms with van der Waals surface area (Å²) < 4.78 is 39.8. The Morgan fingerprint density at radius 2 is 1.58 bits per heavy atom. The van der Waals surface area contributed by atoms with Gasteiger partial charge in [0, 0.05) is 19.2 Å². The number of amides is 2. The van der Waals surface area contributed by atoms with E-state index in [-0.39, 0.29) is 34.7 Å². The van der Waals surface area contributed by atoms with Crippen LogP contribution in [0.25, 0.3) is 0 Å². The summed E-state index contributed by atoms with van der Waals surface area (Å²) in [5.74, 6) is -0.0611. The molecule has 232 valence electrons. The van der Waals surface area contributed by atoms with Gasteiger partial charge in [0.2, 0.25) is 11.8 Å². The van der Waals surface area contributed by atoms with Gasteiger partial charge in [0.05, 0.1) is 34.8 Å². The Hall–Kier alpha value is -3.47. The van der Waals surface area contributed by atoms with Crippen LogP contribution in [0.4, 0.5) is 5.69 Å². The highest BCUT2D eigenvalue weighted by Crippen LogP contribution is 2.34. The highest BCUT2D eigenvalue weighted by molar-refractivity contribution is 7.92. The van der Waals surface area contributed by atoms with E-state index in [1.165, 1.54) is 43.4 Å². The molecule has 3 aromatic rings. The second-order valence-electron chi connectivity index (χ2n) is 10.2. The first-order valence-electron chi connectivity index (χ1n) is 13.7. The number of ether oxygens (including phenoxy) is 2. The molecule has 0 aliphatic rings. The molecule has 0 radical (unpaired) electrons. The van der Waals surface area contributed by atoms with Gasteiger partial charge in [-0.05, 0) is 54.3 Å². The van der Waals surface area contributed by atoms with E-state index >= 15 is 0 Å². The van der Waals surface area contributed by atoms with Crippen LogP contribution in [0.5, 0.6) is 11.5 Å². The summed E-state index contributed by atoms with van der Waals surface area (Å²) in [6, 6.07) is 16.5. The van der Waals surface area contributed by atoms with Gasteiger partial charge in [-0.3, -0.25) is 13.9 Å². The van der Waals surface area contributed by atoms with E-state index in [0.29, 0.717) is 34.3 Å². The van der Waals surface area contributed by atoms with Crippen molar-refractivity contribution in [2.24, 2.45) is 5.92 Å². The monoisotopic (exact) mass is 649 g/mol. The third-order valence-electron chi connectivity index (χ3n) is 6.67. The maximum Gasteiger partial charge on any atom is 0.264 e. The van der Waals surface area contributed by atoms with Crippen LogP contribution in [0.2, 0.25) is 10.0 Å². The molecule has 9 nitrogen and oxygen atoms in total. The Balaban J connectivity index is 2.11. The summed E-state index contributed by atoms with van der Waals surface area (Å²) in [5, 5.41) is 3.54. The smallest absolute Gasteiger partial charge is 0.264 e. The van der Waals surface area contributed by atoms with Crippen molar-refractivity contribution in [2.75, 3.05) is 31.6 Å². The molecule has 0 unspecified atom stereocenters. The standard InChI is InChI=1S/C31H37Cl2N3O6S/c1-6-27(31(38)34-18-21(2)3)35(19-22-12-14-25(32)26(33)16-22)30(37)20-36(43(39,40)24-10-8-7-9-11-24)23-13-15-28(41-4)29(17-23)42-5/h7-17,21,27H,6,18-20H2,1-5H3,(H,34,38)/t27-/m0/s1. The molecule has 0 spiro atoms. The Kier molecular flexibility index (Phi) is 12.1. The molecule has 0 heterocycles. The molecule has 0 saturated carbocycles. The van der Waals surface area contributed by atoms with E-state index in [2.05, 4.69) is 5.32 Å². The number of sulfonamides is 1. The topological polar surface area (TPSA) is 105 Å². The maximum atomic E-state index is 14.2. The van der Waals surface area contributed by atoms with Crippen LogP contribution in [0.15, 0.2) is 71.6 Å². The van der Waals surface area contributed by atoms with Crippen molar-refractivity contribution in [2.45, 2.75) is 44.7 Å². The quantitative estimate of drug-likeness (QED) is 0.237. The molecule has 1 atom stereocenters. The van der Waals surface area contributed by atoms with Gasteiger partial charge in [0.15, 0.2) is 11.5 Å². The summed E-state index contributed by atoms with van der Waals surface area (Å²) >= 11 is 12.4. The first-order chi connectivity index (χ1) is 20.4. The molecule has 1 N–H and O–H groups in total. The zero-order valence-electron chi connectivity index (χ0n) is 24.8. The van der Waals surface area contributed by atoms with E-state index in [4.69, 9.17) is 32.7 Å². The number of anilines is 1. The fraction of sp³-hybridized carbons (Fsp3) is 0.355. The SMILES string of the molecule is CC[C@@H](C(=O)NCC(C)C)N(Cc1ccc(Cl)c(Cl)c1)C(=O)CN(c1ccc(OC)c(OC)c1)S(=O)(=O)c1ccccc1. The summed E-state index contributed by atoms with van der Waals surface area (Å²) in [4.78, 5) is 28.9. The third kappa shape index (κ3) is 8.55. The number of nitrogens with zero attached hydrogens (tertiary/aromatic N) is 2. The van der Waals surface area contributed by atoms with Gasteiger partial charge in [-0.1, -0.05) is 68.2 Å². The number of nitrogens with one attached hydrogen (secondary N) is 1. The van der Waals surface area contributed by atoms with E-state index in [0.717, 1.165) is 4.31 Å². The van der Waals surface area contributed by atoms with Gasteiger partial charge in [0.25, 0.3) is 10.0 Å². The van der Waals surface area contributed by atoms with Gasteiger partial charge in [-0.2, -0.15) is 0 Å². The van der Waals surface area contributed by atoms with Crippen molar-refractivity contribution in [3.8, 4) is 11.5 Å². The second kappa shape index (κ2) is 15.3. The van der Waals surface area contributed by atoms with E-state index in [1.807, 2.05) is 13.8 Å². The van der Waals surface area contributed by atoms with Gasteiger partial charge < -0.3 is 19.7 Å². The number of benzene rings is 3. The first-order valence-corrected chi connectivity index (χ1v) is 15.9. The Labute approximate surface area is 263 Å². The summed E-state index contributed by atoms with van der Waals surface area (Å²) in [7, 11) is -1.33. The number of rotatable bonds is 14. The Morgan fingerprint density at radius 1 is 0.907 bits per heavy atom. The van der Waals surface area contributed by atoms with E-state index < -0.39 is 28.5 Å². The maximum absolute atomic E-state index is 14.2. The van der Waals surface area contributed by atoms with Crippen molar-refractivity contribution in [1.29, 1.82) is 0 Å². The molecule has 12 heteroatoms. The number of methoxy groups -OCH3 is 2. The molecule has 43 heavy (non-hydrogen) atoms. The third-order valence-corrected chi connectivity index (χ3v) is 9.20. The van der Waals surface area contributed by atoms with Crippen LogP contribution in [0, 0.1) is 5.92 Å². The molecule has 0 aliphatic heterocycles. The lowest BCUT2D eigenvalue weighted by atomic mass is 10.1. The van der Waals surface area contributed by atoms with Gasteiger partial charge in [-0.15, -0.1) is 0 Å². The molecule has 0 saturated heterocycles. The van der Waals surface area contributed by atoms with Crippen LogP contribution >= 0.6 is 23.2 Å². The van der Waals surface area contributed by atoms with Crippen LogP contribution in [-0.2, 0) is 26.2 Å². The van der Waals surface area contributed by atoms with Gasteiger partial charge in [-0.25, -0.2) is 8.42 Å². The molecule has 0 aromatic heterocycles. The number of hydrogen-bond donors (Lipinski definition) is 1. The zero-order valence-corrected chi connectivity index (χ0v) is 27.2. The number of halogens is 2. The lowest BCUT2D eigenvalue weighted by molar-refractivity contribution is -0.140. The average Bonchev–Trinajstić information content (AvgIpc) is 3.00. The van der Waals surface area contributed by atoms with Crippen molar-refractivity contribution in [3.63, 3.8) is 0 Å². The van der Waals surface area contributed by atoms with E-state index in [9.17, 15) is 18.0 Å². The predicted octanol–water partition coefficient (Wildman–Crippen LogP) is 5.79. The number of hydrogen-bond acceptors (Lipinski definition) is 6. The van der Waals surface area contributed by atoms with Crippen molar-refractivity contribution in [3.05, 3.63) is 82.3 Å². The molecule has 3 aromatic carbocycles. The summed E-state index contributed by atoms with van der Waals surface area (Å²) in [5.41, 5.74) is 0.808. The van der Waals surface area contributed by atoms with Gasteiger partial charge >= 0.3 is 0 Å². The fourth-order valence-corrected chi connectivity index (χ4v) is 6.15. The highest BCUT2D eigenvalue weighted by Gasteiger charge is 2.34. The molecule has 2 amide bonds. The fourth-order valence-electron chi connectivity index (χ4n) is 4.41. The second-order valence-corrected chi connectivity index (χ2v) is 12.9. The summed E-state index contributed by atoms with van der Waals surface area (Å²) in [6.45, 7) is 5.55. The number of carbonyl (C=O) groups is 2. The predicted molar refractivity (Wildman–Crippen MR) is 169 cm³/mol. The minimum absolute atomic E-state index is 0.00432. The lowest BCUT2D eigenvalue weighted by Gasteiger charge is -2.33. The Morgan fingerprint density at radius 3 is 2.16 bits per heavy atom. The van der Waals surface area contributed by atoms with Gasteiger partial charge in [0.1, 0.15) is 12.6 Å². The summed E-state index contributed by atoms with van der Waals surface area (Å²) in [6.07, 6.45) is 0.290. The van der Waals surface area contributed by atoms with Crippen LogP contribution in [0.3, 0.4) is 0 Å². The van der Waals surface area contributed by atoms with Crippen LogP contribution in [-0.4, -0.2) is 58.5 Å². The average molecular weight is 651 g/mol. The first kappa shape index (κ1) is 34.0. The largest absolute Gasteiger partial charge is 0.493 e. The lowest BCUT2D eigenvalue weighted by Crippen LogP contribution is -2.52. The van der Waals surface area contributed by atoms with E-state index in [1.54, 1.807) is 49.4 Å². The zero-order chi connectivity index (χ0) is 31.7. The van der Waals surface area contributed by atoms with Crippen molar-refractivity contribution >= 4 is 50.7 Å². The molecule has 0 fully saturated rings. The minimum Gasteiger partial charge on any atom is -0.493 e. The molecule has 0 bridgehead atoms. The van der Waals surface area contributed by atoms with Crippen LogP contribution < -0.4 is 19.1 Å². The number of carbonyl (C=O) groups excluding carboxylic acids is 2. The minimum atomic E-state index is -4.24. The molecular weight excluding hydrogens is 613 g/mol. The Bertz CT molecular complexity index is 1520. The molecule has 0 aliphatic carbocycles. The van der Waals surface area contributed by atoms with Crippen LogP contribution in [0.1, 0.15) is 32.8 Å². The highest BCUT2D eigenvalue weighted by atomic mass is 35.5. The van der Waals surface area contributed by atoms with Crippen molar-refractivity contribution < 1.29 is 27.5 Å². The molecule has 3 rings (SSSR count). The normalized spacial score (nSPS) is 12.0.